The zero-order valence-corrected chi connectivity index (χ0v) is 13.9. The standard InChI is InChI=1S/C18H30N2O2/c1-3-17(12-13-19-14-21)18(22)20-15(2)8-7-11-16-9-5-4-6-10-16/h4-6,9,14-17H,3,7-8,10-13H2,1-2H3,(H,19,21)(H,20,22). The van der Waals surface area contributed by atoms with Gasteiger partial charge < -0.3 is 10.6 Å². The fourth-order valence-corrected chi connectivity index (χ4v) is 2.80. The third-order valence-electron chi connectivity index (χ3n) is 4.25. The molecule has 0 heterocycles. The van der Waals surface area contributed by atoms with Crippen LogP contribution in [-0.4, -0.2) is 24.9 Å². The number of nitrogens with one attached hydrogen (secondary N) is 2. The maximum absolute atomic E-state index is 12.2. The number of hydrogen-bond donors (Lipinski definition) is 2. The maximum atomic E-state index is 12.2. The smallest absolute Gasteiger partial charge is 0.223 e. The van der Waals surface area contributed by atoms with E-state index in [0.29, 0.717) is 25.3 Å². The molecule has 0 radical (unpaired) electrons. The fourth-order valence-electron chi connectivity index (χ4n) is 2.80. The first-order chi connectivity index (χ1) is 10.7. The van der Waals surface area contributed by atoms with Crippen LogP contribution >= 0.6 is 0 Å². The minimum atomic E-state index is -0.0127. The third kappa shape index (κ3) is 7.43. The van der Waals surface area contributed by atoms with Gasteiger partial charge in [-0.2, -0.15) is 0 Å². The van der Waals surface area contributed by atoms with E-state index < -0.39 is 0 Å². The Hall–Kier alpha value is -1.58. The number of amides is 2. The first-order valence-corrected chi connectivity index (χ1v) is 8.48. The number of carbonyl (C=O) groups excluding carboxylic acids is 2. The molecule has 0 aromatic carbocycles. The molecular weight excluding hydrogens is 276 g/mol. The van der Waals surface area contributed by atoms with Gasteiger partial charge in [0, 0.05) is 18.5 Å². The second kappa shape index (κ2) is 11.0. The second-order valence-electron chi connectivity index (χ2n) is 6.12. The van der Waals surface area contributed by atoms with Crippen molar-refractivity contribution in [1.82, 2.24) is 10.6 Å². The van der Waals surface area contributed by atoms with Crippen LogP contribution < -0.4 is 10.6 Å². The first kappa shape index (κ1) is 18.5. The van der Waals surface area contributed by atoms with Crippen molar-refractivity contribution in [3.63, 3.8) is 0 Å². The van der Waals surface area contributed by atoms with Gasteiger partial charge >= 0.3 is 0 Å². The monoisotopic (exact) mass is 306 g/mol. The lowest BCUT2D eigenvalue weighted by Crippen LogP contribution is -2.38. The van der Waals surface area contributed by atoms with Crippen LogP contribution in [0.3, 0.4) is 0 Å². The Morgan fingerprint density at radius 3 is 2.82 bits per heavy atom. The van der Waals surface area contributed by atoms with Gasteiger partial charge in [0.25, 0.3) is 0 Å². The number of carbonyl (C=O) groups is 2. The van der Waals surface area contributed by atoms with Crippen molar-refractivity contribution in [2.24, 2.45) is 11.8 Å². The van der Waals surface area contributed by atoms with Crippen LogP contribution in [0.5, 0.6) is 0 Å². The lowest BCUT2D eigenvalue weighted by Gasteiger charge is -2.20. The van der Waals surface area contributed by atoms with Crippen molar-refractivity contribution in [2.45, 2.75) is 58.4 Å². The van der Waals surface area contributed by atoms with Crippen LogP contribution in [0.1, 0.15) is 52.4 Å². The molecule has 0 spiro atoms. The molecule has 2 N–H and O–H groups in total. The number of allylic oxidation sites excluding steroid dienone is 4. The minimum absolute atomic E-state index is 0.0127. The summed E-state index contributed by atoms with van der Waals surface area (Å²) >= 11 is 0. The van der Waals surface area contributed by atoms with Crippen LogP contribution in [0.4, 0.5) is 0 Å². The number of rotatable bonds is 11. The van der Waals surface area contributed by atoms with Crippen molar-refractivity contribution >= 4 is 12.3 Å². The zero-order chi connectivity index (χ0) is 16.2. The Morgan fingerprint density at radius 2 is 2.18 bits per heavy atom. The molecule has 0 aromatic rings. The van der Waals surface area contributed by atoms with Crippen molar-refractivity contribution in [3.8, 4) is 0 Å². The van der Waals surface area contributed by atoms with E-state index in [0.717, 1.165) is 25.7 Å². The Balaban J connectivity index is 2.19. The minimum Gasteiger partial charge on any atom is -0.359 e. The molecule has 4 heteroatoms. The molecule has 3 atom stereocenters. The van der Waals surface area contributed by atoms with Gasteiger partial charge in [-0.1, -0.05) is 37.6 Å². The largest absolute Gasteiger partial charge is 0.359 e. The van der Waals surface area contributed by atoms with Gasteiger partial charge in [-0.15, -0.1) is 0 Å². The molecule has 2 amide bonds. The Labute approximate surface area is 134 Å². The lowest BCUT2D eigenvalue weighted by molar-refractivity contribution is -0.126. The van der Waals surface area contributed by atoms with Gasteiger partial charge in [0.2, 0.25) is 12.3 Å². The van der Waals surface area contributed by atoms with Crippen molar-refractivity contribution in [1.29, 1.82) is 0 Å². The fraction of sp³-hybridized carbons (Fsp3) is 0.667. The summed E-state index contributed by atoms with van der Waals surface area (Å²) in [6.45, 7) is 4.65. The molecule has 0 saturated heterocycles. The predicted octanol–water partition coefficient (Wildman–Crippen LogP) is 2.96. The van der Waals surface area contributed by atoms with Gasteiger partial charge in [-0.25, -0.2) is 0 Å². The zero-order valence-electron chi connectivity index (χ0n) is 13.9. The molecule has 0 bridgehead atoms. The molecule has 0 saturated carbocycles. The van der Waals surface area contributed by atoms with Gasteiger partial charge in [-0.3, -0.25) is 9.59 Å². The quantitative estimate of drug-likeness (QED) is 0.455. The molecule has 22 heavy (non-hydrogen) atoms. The van der Waals surface area contributed by atoms with Gasteiger partial charge in [0.1, 0.15) is 0 Å². The third-order valence-corrected chi connectivity index (χ3v) is 4.25. The highest BCUT2D eigenvalue weighted by atomic mass is 16.2. The highest BCUT2D eigenvalue weighted by Gasteiger charge is 2.17. The number of hydrogen-bond acceptors (Lipinski definition) is 2. The van der Waals surface area contributed by atoms with Gasteiger partial charge in [-0.05, 0) is 44.9 Å². The van der Waals surface area contributed by atoms with E-state index in [1.165, 1.54) is 6.42 Å². The summed E-state index contributed by atoms with van der Waals surface area (Å²) in [6.07, 6.45) is 15.4. The molecule has 124 valence electrons. The SMILES string of the molecule is CCC(CCNC=O)C(=O)NC(C)CCCC1C=CC=CC1. The normalized spacial score (nSPS) is 19.5. The van der Waals surface area contributed by atoms with E-state index >= 15 is 0 Å². The molecule has 1 aliphatic rings. The van der Waals surface area contributed by atoms with Crippen LogP contribution in [0.25, 0.3) is 0 Å². The van der Waals surface area contributed by atoms with E-state index in [-0.39, 0.29) is 17.9 Å². The van der Waals surface area contributed by atoms with Crippen LogP contribution in [-0.2, 0) is 9.59 Å². The Morgan fingerprint density at radius 1 is 1.36 bits per heavy atom. The van der Waals surface area contributed by atoms with Gasteiger partial charge in [0.05, 0.1) is 0 Å². The van der Waals surface area contributed by atoms with Crippen LogP contribution in [0.2, 0.25) is 0 Å². The molecule has 0 aliphatic heterocycles. The van der Waals surface area contributed by atoms with Gasteiger partial charge in [0.15, 0.2) is 0 Å². The topological polar surface area (TPSA) is 58.2 Å². The Bertz CT molecular complexity index is 391. The summed E-state index contributed by atoms with van der Waals surface area (Å²) in [5.74, 6) is 0.759. The molecule has 0 aromatic heterocycles. The van der Waals surface area contributed by atoms with E-state index in [4.69, 9.17) is 0 Å². The van der Waals surface area contributed by atoms with E-state index in [1.54, 1.807) is 0 Å². The average molecular weight is 306 g/mol. The molecule has 1 rings (SSSR count). The molecule has 3 unspecified atom stereocenters. The first-order valence-electron chi connectivity index (χ1n) is 8.48. The maximum Gasteiger partial charge on any atom is 0.223 e. The summed E-state index contributed by atoms with van der Waals surface area (Å²) in [5.41, 5.74) is 0. The summed E-state index contributed by atoms with van der Waals surface area (Å²) in [5, 5.41) is 5.73. The lowest BCUT2D eigenvalue weighted by atomic mass is 9.94. The van der Waals surface area contributed by atoms with Crippen LogP contribution in [0.15, 0.2) is 24.3 Å². The van der Waals surface area contributed by atoms with Crippen molar-refractivity contribution in [2.75, 3.05) is 6.54 Å². The molecule has 4 nitrogen and oxygen atoms in total. The second-order valence-corrected chi connectivity index (χ2v) is 6.12. The highest BCUT2D eigenvalue weighted by molar-refractivity contribution is 5.78. The van der Waals surface area contributed by atoms with E-state index in [1.807, 2.05) is 6.92 Å². The van der Waals surface area contributed by atoms with Crippen molar-refractivity contribution in [3.05, 3.63) is 24.3 Å². The summed E-state index contributed by atoms with van der Waals surface area (Å²) in [6, 6.07) is 0.212. The molecular formula is C18H30N2O2. The van der Waals surface area contributed by atoms with E-state index in [2.05, 4.69) is 41.9 Å². The molecule has 0 fully saturated rings. The predicted molar refractivity (Wildman–Crippen MR) is 90.3 cm³/mol. The van der Waals surface area contributed by atoms with E-state index in [9.17, 15) is 9.59 Å². The Kier molecular flexibility index (Phi) is 9.28. The van der Waals surface area contributed by atoms with Crippen molar-refractivity contribution < 1.29 is 9.59 Å². The average Bonchev–Trinajstić information content (AvgIpc) is 2.52. The summed E-state index contributed by atoms with van der Waals surface area (Å²) < 4.78 is 0. The summed E-state index contributed by atoms with van der Waals surface area (Å²) in [7, 11) is 0. The highest BCUT2D eigenvalue weighted by Crippen LogP contribution is 2.19. The van der Waals surface area contributed by atoms with Crippen LogP contribution in [0, 0.1) is 11.8 Å². The summed E-state index contributed by atoms with van der Waals surface area (Å²) in [4.78, 5) is 22.4. The molecule has 1 aliphatic carbocycles.